The van der Waals surface area contributed by atoms with Crippen LogP contribution >= 0.6 is 11.8 Å². The minimum absolute atomic E-state index is 0.225. The first-order valence-electron chi connectivity index (χ1n) is 21.8. The fraction of sp³-hybridized carbons (Fsp3) is 0.125. The number of nitrogens with zero attached hydrogens (tertiary/aromatic N) is 3. The maximum atomic E-state index is 14.1. The molecular weight excluding hydrogens is 811 g/mol. The van der Waals surface area contributed by atoms with Gasteiger partial charge in [0, 0.05) is 46.0 Å². The zero-order chi connectivity index (χ0) is 43.6. The van der Waals surface area contributed by atoms with E-state index >= 15 is 0 Å². The number of anilines is 5. The van der Waals surface area contributed by atoms with Crippen LogP contribution in [-0.2, 0) is 9.59 Å². The Morgan fingerprint density at radius 3 is 1.89 bits per heavy atom. The van der Waals surface area contributed by atoms with Crippen molar-refractivity contribution >= 4 is 74.5 Å². The normalized spacial score (nSPS) is 17.8. The lowest BCUT2D eigenvalue weighted by molar-refractivity contribution is -0.140. The molecule has 8 heteroatoms. The number of carbonyl (C=O) groups is 3. The van der Waals surface area contributed by atoms with Crippen molar-refractivity contribution in [1.29, 1.82) is 0 Å². The van der Waals surface area contributed by atoms with Crippen molar-refractivity contribution in [2.45, 2.75) is 37.6 Å². The average molecular weight is 856 g/mol. The highest BCUT2D eigenvalue weighted by molar-refractivity contribution is 8.18. The molecule has 3 aliphatic rings. The van der Waals surface area contributed by atoms with Crippen LogP contribution in [0.15, 0.2) is 193 Å². The number of carboxylic acid groups (broad SMARTS) is 1. The van der Waals surface area contributed by atoms with Gasteiger partial charge in [-0.3, -0.25) is 19.3 Å². The fourth-order valence-corrected chi connectivity index (χ4v) is 10.6. The van der Waals surface area contributed by atoms with Gasteiger partial charge >= 0.3 is 5.97 Å². The lowest BCUT2D eigenvalue weighted by atomic mass is 9.81. The van der Waals surface area contributed by atoms with E-state index in [9.17, 15) is 19.5 Å². The minimum atomic E-state index is -1.24. The third-order valence-corrected chi connectivity index (χ3v) is 13.5. The summed E-state index contributed by atoms with van der Waals surface area (Å²) in [5, 5.41) is 9.07. The van der Waals surface area contributed by atoms with E-state index in [1.165, 1.54) is 5.56 Å². The molecule has 0 radical (unpaired) electrons. The van der Waals surface area contributed by atoms with Gasteiger partial charge in [0.1, 0.15) is 6.54 Å². The van der Waals surface area contributed by atoms with Gasteiger partial charge in [0.15, 0.2) is 0 Å². The number of thioether (sulfide) groups is 1. The zero-order valence-electron chi connectivity index (χ0n) is 35.1. The summed E-state index contributed by atoms with van der Waals surface area (Å²) in [6.07, 6.45) is 6.60. The quantitative estimate of drug-likeness (QED) is 0.102. The van der Waals surface area contributed by atoms with E-state index in [4.69, 9.17) is 0 Å². The smallest absolute Gasteiger partial charge is 0.323 e. The third kappa shape index (κ3) is 7.93. The molecule has 2 aliphatic heterocycles. The summed E-state index contributed by atoms with van der Waals surface area (Å²) in [4.78, 5) is 45.1. The third-order valence-electron chi connectivity index (χ3n) is 12.5. The number of amides is 2. The molecule has 314 valence electrons. The molecule has 7 aromatic carbocycles. The highest BCUT2D eigenvalue weighted by atomic mass is 32.2. The lowest BCUT2D eigenvalue weighted by Gasteiger charge is -2.34. The minimum Gasteiger partial charge on any atom is -0.480 e. The number of aliphatic carboxylic acids is 1. The number of carbonyl (C=O) groups excluding carboxylic acids is 2. The number of imide groups is 1. The number of hydrogen-bond donors (Lipinski definition) is 1. The average Bonchev–Trinajstić information content (AvgIpc) is 3.81. The Morgan fingerprint density at radius 1 is 0.625 bits per heavy atom. The topological polar surface area (TPSA) is 81.2 Å². The molecule has 64 heavy (non-hydrogen) atoms. The number of para-hydroxylation sites is 2. The summed E-state index contributed by atoms with van der Waals surface area (Å²) in [5.41, 5.74) is 13.1. The van der Waals surface area contributed by atoms with Gasteiger partial charge in [0.2, 0.25) is 0 Å². The molecule has 2 heterocycles. The van der Waals surface area contributed by atoms with E-state index in [0.29, 0.717) is 5.57 Å². The maximum absolute atomic E-state index is 14.1. The summed E-state index contributed by atoms with van der Waals surface area (Å²) >= 11 is 0.810. The highest BCUT2D eigenvalue weighted by Crippen LogP contribution is 2.53. The van der Waals surface area contributed by atoms with Crippen molar-refractivity contribution < 1.29 is 19.5 Å². The molecular formula is C56H45N3O4S. The molecule has 0 spiro atoms. The molecule has 1 N–H and O–H groups in total. The number of fused-ring (bicyclic) bond motifs is 3. The van der Waals surface area contributed by atoms with E-state index in [0.717, 1.165) is 104 Å². The predicted octanol–water partition coefficient (Wildman–Crippen LogP) is 13.5. The van der Waals surface area contributed by atoms with Crippen LogP contribution in [0.4, 0.5) is 33.2 Å². The molecule has 10 rings (SSSR count). The van der Waals surface area contributed by atoms with Crippen molar-refractivity contribution in [2.24, 2.45) is 0 Å². The van der Waals surface area contributed by atoms with Crippen molar-refractivity contribution in [3.63, 3.8) is 0 Å². The largest absolute Gasteiger partial charge is 0.480 e. The van der Waals surface area contributed by atoms with Gasteiger partial charge in [0.05, 0.1) is 4.91 Å². The second kappa shape index (κ2) is 17.8. The molecule has 1 aliphatic carbocycles. The van der Waals surface area contributed by atoms with Gasteiger partial charge in [-0.2, -0.15) is 0 Å². The van der Waals surface area contributed by atoms with Crippen LogP contribution in [0.2, 0.25) is 0 Å². The van der Waals surface area contributed by atoms with E-state index in [1.807, 2.05) is 72.8 Å². The Hall–Kier alpha value is -7.42. The Kier molecular flexibility index (Phi) is 11.3. The zero-order valence-corrected chi connectivity index (χ0v) is 35.9. The van der Waals surface area contributed by atoms with Crippen LogP contribution in [0, 0.1) is 0 Å². The molecule has 2 amide bonds. The second-order valence-corrected chi connectivity index (χ2v) is 17.4. The first-order valence-corrected chi connectivity index (χ1v) is 22.6. The maximum Gasteiger partial charge on any atom is 0.323 e. The van der Waals surface area contributed by atoms with Gasteiger partial charge in [-0.05, 0) is 130 Å². The molecule has 0 aromatic heterocycles. The molecule has 2 unspecified atom stereocenters. The van der Waals surface area contributed by atoms with Gasteiger partial charge in [0.25, 0.3) is 11.1 Å². The molecule has 0 bridgehead atoms. The van der Waals surface area contributed by atoms with Crippen LogP contribution in [0.5, 0.6) is 0 Å². The highest BCUT2D eigenvalue weighted by Gasteiger charge is 2.42. The number of carboxylic acids is 1. The summed E-state index contributed by atoms with van der Waals surface area (Å²) in [6, 6.07) is 64.9. The van der Waals surface area contributed by atoms with Crippen molar-refractivity contribution in [3.05, 3.63) is 226 Å². The molecule has 7 nitrogen and oxygen atoms in total. The van der Waals surface area contributed by atoms with Crippen molar-refractivity contribution in [1.82, 2.24) is 4.90 Å². The Balaban J connectivity index is 1.08. The van der Waals surface area contributed by atoms with Gasteiger partial charge in [-0.25, -0.2) is 0 Å². The summed E-state index contributed by atoms with van der Waals surface area (Å²) in [5.74, 6) is -1.58. The van der Waals surface area contributed by atoms with Crippen molar-refractivity contribution in [3.8, 4) is 0 Å². The summed E-state index contributed by atoms with van der Waals surface area (Å²) in [7, 11) is 0. The Labute approximate surface area is 377 Å². The number of hydrogen-bond acceptors (Lipinski definition) is 6. The van der Waals surface area contributed by atoms with Crippen LogP contribution in [-0.4, -0.2) is 39.7 Å². The van der Waals surface area contributed by atoms with Crippen LogP contribution < -0.4 is 9.80 Å². The van der Waals surface area contributed by atoms with Gasteiger partial charge in [-0.15, -0.1) is 0 Å². The fourth-order valence-electron chi connectivity index (χ4n) is 9.64. The van der Waals surface area contributed by atoms with Gasteiger partial charge in [-0.1, -0.05) is 140 Å². The standard InChI is InChI=1S/C56H45N3O4S/c60-52(61)37-57-55(62)54(64-56(57)63)53(40-28-31-45(32-29-40)58(43-21-9-3-10-22-43)44-23-11-4-12-24-44)42-30-33-51-49(36-42)47-26-13-14-27-50(47)59(51)46-25-15-20-41(35-46)48(39-18-7-2-8-19-39)34-38-16-5-1-6-17-38/h1-12,15-25,28-36,47,50H,13-14,26-27,37H2,(H,60,61). The lowest BCUT2D eigenvalue weighted by Crippen LogP contribution is -2.33. The summed E-state index contributed by atoms with van der Waals surface area (Å²) in [6.45, 7) is -0.696. The molecule has 2 fully saturated rings. The van der Waals surface area contributed by atoms with Crippen LogP contribution in [0.25, 0.3) is 17.2 Å². The van der Waals surface area contributed by atoms with Crippen molar-refractivity contribution in [2.75, 3.05) is 16.3 Å². The van der Waals surface area contributed by atoms with Crippen LogP contribution in [0.1, 0.15) is 65.0 Å². The van der Waals surface area contributed by atoms with E-state index < -0.39 is 23.7 Å². The second-order valence-electron chi connectivity index (χ2n) is 16.4. The number of benzene rings is 7. The monoisotopic (exact) mass is 855 g/mol. The van der Waals surface area contributed by atoms with E-state index in [-0.39, 0.29) is 16.9 Å². The van der Waals surface area contributed by atoms with E-state index in [2.05, 4.69) is 131 Å². The number of rotatable bonds is 11. The molecule has 2 atom stereocenters. The molecule has 7 aromatic rings. The molecule has 1 saturated carbocycles. The molecule has 1 saturated heterocycles. The van der Waals surface area contributed by atoms with E-state index in [1.54, 1.807) is 0 Å². The van der Waals surface area contributed by atoms with Gasteiger partial charge < -0.3 is 14.9 Å². The Bertz CT molecular complexity index is 2880. The first-order chi connectivity index (χ1) is 31.4. The summed E-state index contributed by atoms with van der Waals surface area (Å²) < 4.78 is 0. The SMILES string of the molecule is O=C(O)CN1C(=O)SC(=C(c2ccc(N(c3ccccc3)c3ccccc3)cc2)c2ccc3c(c2)C2CCCCC2N3c2cccc(C(=Cc3ccccc3)c3ccccc3)c2)C1=O. The predicted molar refractivity (Wildman–Crippen MR) is 259 cm³/mol. The van der Waals surface area contributed by atoms with Crippen LogP contribution in [0.3, 0.4) is 0 Å². The Morgan fingerprint density at radius 2 is 1.22 bits per heavy atom. The first kappa shape index (κ1) is 40.6.